The second kappa shape index (κ2) is 16.1. The summed E-state index contributed by atoms with van der Waals surface area (Å²) in [5.74, 6) is 2.59. The van der Waals surface area contributed by atoms with Crippen LogP contribution in [-0.2, 0) is 11.1 Å². The molecule has 0 unspecified atom stereocenters. The third kappa shape index (κ3) is 6.51. The summed E-state index contributed by atoms with van der Waals surface area (Å²) in [7, 11) is 2.15. The van der Waals surface area contributed by atoms with Crippen molar-refractivity contribution in [3.05, 3.63) is 222 Å². The zero-order valence-corrected chi connectivity index (χ0v) is 39.5. The summed E-state index contributed by atoms with van der Waals surface area (Å²) in [6.45, 7) is 18.2. The van der Waals surface area contributed by atoms with Crippen molar-refractivity contribution in [1.82, 2.24) is 4.90 Å². The number of hydrogen-bond donors (Lipinski definition) is 0. The number of anilines is 6. The minimum absolute atomic E-state index is 0.255. The molecule has 3 heterocycles. The van der Waals surface area contributed by atoms with Crippen molar-refractivity contribution in [2.75, 3.05) is 16.8 Å². The van der Waals surface area contributed by atoms with E-state index in [1.165, 1.54) is 0 Å². The summed E-state index contributed by atoms with van der Waals surface area (Å²) in [6, 6.07) is 69.0. The third-order valence-corrected chi connectivity index (χ3v) is 14.7. The fourth-order valence-corrected chi connectivity index (χ4v) is 10.9. The Bertz CT molecular complexity index is 3230. The zero-order valence-electron chi connectivity index (χ0n) is 39.5. The standard InChI is InChI=1S/C63H47N5O2/c1-62(2)57-58(63(3,4)66(62)6)61(68-51-33-29-46(42-23-15-9-16-24-42)37-55(51)70-56-38-47(30-34-52(56)68)43-25-17-10-18-26-43)59(65-5)48(39-64)60(57)67-49-31-27-44(40-19-11-7-12-20-40)35-53(49)69-54-36-45(28-32-50(54)67)41-21-13-8-14-22-41/h7-38H,1-4,6H3. The van der Waals surface area contributed by atoms with Crippen molar-refractivity contribution in [3.8, 4) is 73.6 Å². The highest BCUT2D eigenvalue weighted by molar-refractivity contribution is 6.03. The van der Waals surface area contributed by atoms with Crippen LogP contribution in [0, 0.1) is 17.9 Å². The molecule has 0 saturated heterocycles. The lowest BCUT2D eigenvalue weighted by Crippen LogP contribution is -2.42. The zero-order chi connectivity index (χ0) is 47.9. The number of ether oxygens (including phenoxy) is 2. The molecule has 0 saturated carbocycles. The minimum atomic E-state index is -0.659. The van der Waals surface area contributed by atoms with Crippen LogP contribution in [0.25, 0.3) is 49.4 Å². The molecule has 0 radical (unpaired) electrons. The average Bonchev–Trinajstić information content (AvgIpc) is 3.54. The van der Waals surface area contributed by atoms with Crippen molar-refractivity contribution >= 4 is 39.8 Å². The Morgan fingerprint density at radius 3 is 1.03 bits per heavy atom. The van der Waals surface area contributed by atoms with Gasteiger partial charge in [-0.25, -0.2) is 4.85 Å². The summed E-state index contributed by atoms with van der Waals surface area (Å²) in [5, 5.41) is 11.9. The lowest BCUT2D eigenvalue weighted by atomic mass is 9.83. The summed E-state index contributed by atoms with van der Waals surface area (Å²) in [5.41, 5.74) is 13.8. The first-order chi connectivity index (χ1) is 34.1. The van der Waals surface area contributed by atoms with Crippen LogP contribution in [-0.4, -0.2) is 11.9 Å². The highest BCUT2D eigenvalue weighted by Gasteiger charge is 2.54. The van der Waals surface area contributed by atoms with Gasteiger partial charge in [0.15, 0.2) is 23.0 Å². The molecule has 7 heteroatoms. The summed E-state index contributed by atoms with van der Waals surface area (Å²) < 4.78 is 14.0. The van der Waals surface area contributed by atoms with Crippen molar-refractivity contribution in [2.24, 2.45) is 0 Å². The molecule has 0 aromatic heterocycles. The quantitative estimate of drug-likeness (QED) is 0.155. The van der Waals surface area contributed by atoms with E-state index in [-0.39, 0.29) is 11.3 Å². The van der Waals surface area contributed by atoms with Gasteiger partial charge in [-0.15, -0.1) is 0 Å². The predicted octanol–water partition coefficient (Wildman–Crippen LogP) is 17.3. The maximum absolute atomic E-state index is 11.9. The fourth-order valence-electron chi connectivity index (χ4n) is 10.9. The van der Waals surface area contributed by atoms with Crippen molar-refractivity contribution < 1.29 is 9.47 Å². The van der Waals surface area contributed by atoms with Gasteiger partial charge in [-0.2, -0.15) is 5.26 Å². The summed E-state index contributed by atoms with van der Waals surface area (Å²) in [4.78, 5) is 11.2. The topological polar surface area (TPSA) is 56.3 Å². The van der Waals surface area contributed by atoms with Gasteiger partial charge in [0.25, 0.3) is 0 Å². The fraction of sp³-hybridized carbons (Fsp3) is 0.111. The first kappa shape index (κ1) is 42.5. The van der Waals surface area contributed by atoms with Gasteiger partial charge in [0, 0.05) is 16.6 Å². The van der Waals surface area contributed by atoms with Crippen LogP contribution in [0.2, 0.25) is 0 Å². The largest absolute Gasteiger partial charge is 0.453 e. The van der Waals surface area contributed by atoms with Gasteiger partial charge in [-0.1, -0.05) is 146 Å². The maximum atomic E-state index is 11.9. The SMILES string of the molecule is [C-]#[N+]c1c(C#N)c(N2c3ccc(-c4ccccc4)cc3Oc3cc(-c4ccccc4)ccc32)c2c(c1N1c3ccc(-c4ccccc4)cc3Oc3cc(-c4ccccc4)ccc31)C(C)(C)N(C)C2(C)C. The van der Waals surface area contributed by atoms with Crippen molar-refractivity contribution in [2.45, 2.75) is 38.8 Å². The lowest BCUT2D eigenvalue weighted by molar-refractivity contribution is 0.0734. The number of nitrogens with zero attached hydrogens (tertiary/aromatic N) is 5. The van der Waals surface area contributed by atoms with Crippen molar-refractivity contribution in [3.63, 3.8) is 0 Å². The van der Waals surface area contributed by atoms with Gasteiger partial charge in [0.1, 0.15) is 0 Å². The Morgan fingerprint density at radius 2 is 0.729 bits per heavy atom. The molecule has 0 atom stereocenters. The molecule has 0 aliphatic carbocycles. The van der Waals surface area contributed by atoms with E-state index in [0.717, 1.165) is 78.4 Å². The van der Waals surface area contributed by atoms with E-state index in [1.807, 2.05) is 72.8 Å². The number of fused-ring (bicyclic) bond motifs is 5. The van der Waals surface area contributed by atoms with Crippen LogP contribution in [0.4, 0.5) is 39.8 Å². The maximum Gasteiger partial charge on any atom is 0.230 e. The summed E-state index contributed by atoms with van der Waals surface area (Å²) in [6.07, 6.45) is 0. The van der Waals surface area contributed by atoms with E-state index in [1.54, 1.807) is 0 Å². The van der Waals surface area contributed by atoms with Gasteiger partial charge >= 0.3 is 0 Å². The molecule has 0 bridgehead atoms. The van der Waals surface area contributed by atoms with Crippen LogP contribution in [0.5, 0.6) is 23.0 Å². The molecule has 9 aromatic carbocycles. The van der Waals surface area contributed by atoms with Gasteiger partial charge in [0.2, 0.25) is 5.69 Å². The molecular formula is C63H47N5O2. The Labute approximate surface area is 409 Å². The van der Waals surface area contributed by atoms with E-state index in [0.29, 0.717) is 34.4 Å². The molecular weight excluding hydrogens is 859 g/mol. The van der Waals surface area contributed by atoms with Gasteiger partial charge < -0.3 is 19.3 Å². The highest BCUT2D eigenvalue weighted by atomic mass is 16.5. The van der Waals surface area contributed by atoms with Gasteiger partial charge in [-0.3, -0.25) is 4.90 Å². The van der Waals surface area contributed by atoms with Crippen LogP contribution in [0.15, 0.2) is 194 Å². The molecule has 12 rings (SSSR count). The first-order valence-corrected chi connectivity index (χ1v) is 23.6. The first-order valence-electron chi connectivity index (χ1n) is 23.6. The number of benzene rings is 9. The Morgan fingerprint density at radius 1 is 0.429 bits per heavy atom. The number of rotatable bonds is 6. The number of nitriles is 1. The molecule has 70 heavy (non-hydrogen) atoms. The third-order valence-electron chi connectivity index (χ3n) is 14.7. The van der Waals surface area contributed by atoms with Gasteiger partial charge in [-0.05, 0) is 133 Å². The molecule has 0 amide bonds. The second-order valence-electron chi connectivity index (χ2n) is 19.1. The smallest absolute Gasteiger partial charge is 0.230 e. The Balaban J connectivity index is 1.16. The molecule has 0 N–H and O–H groups in total. The molecule has 7 nitrogen and oxygen atoms in total. The molecule has 336 valence electrons. The van der Waals surface area contributed by atoms with Crippen molar-refractivity contribution in [1.29, 1.82) is 5.26 Å². The molecule has 3 aliphatic heterocycles. The van der Waals surface area contributed by atoms with Crippen LogP contribution < -0.4 is 19.3 Å². The summed E-state index contributed by atoms with van der Waals surface area (Å²) >= 11 is 0. The predicted molar refractivity (Wildman–Crippen MR) is 282 cm³/mol. The van der Waals surface area contributed by atoms with Crippen LogP contribution in [0.1, 0.15) is 44.4 Å². The van der Waals surface area contributed by atoms with E-state index < -0.39 is 11.1 Å². The number of hydrogen-bond acceptors (Lipinski definition) is 6. The second-order valence-corrected chi connectivity index (χ2v) is 19.1. The minimum Gasteiger partial charge on any atom is -0.453 e. The molecule has 9 aromatic rings. The Hall–Kier alpha value is -8.88. The lowest BCUT2D eigenvalue weighted by Gasteiger charge is -2.40. The van der Waals surface area contributed by atoms with Crippen LogP contribution in [0.3, 0.4) is 0 Å². The van der Waals surface area contributed by atoms with Gasteiger partial charge in [0.05, 0.1) is 52.3 Å². The van der Waals surface area contributed by atoms with E-state index in [2.05, 4.69) is 182 Å². The van der Waals surface area contributed by atoms with Crippen LogP contribution >= 0.6 is 0 Å². The molecule has 0 fully saturated rings. The molecule has 3 aliphatic rings. The van der Waals surface area contributed by atoms with E-state index in [9.17, 15) is 11.8 Å². The van der Waals surface area contributed by atoms with E-state index >= 15 is 0 Å². The normalized spacial score (nSPS) is 14.7. The highest BCUT2D eigenvalue weighted by Crippen LogP contribution is 2.66. The van der Waals surface area contributed by atoms with E-state index in [4.69, 9.17) is 9.47 Å². The monoisotopic (exact) mass is 905 g/mol. The Kier molecular flexibility index (Phi) is 9.79. The average molecular weight is 906 g/mol. The molecule has 0 spiro atoms.